The van der Waals surface area contributed by atoms with Gasteiger partial charge in [0.2, 0.25) is 0 Å². The first-order valence-corrected chi connectivity index (χ1v) is 8.09. The minimum Gasteiger partial charge on any atom is -0.480 e. The lowest BCUT2D eigenvalue weighted by atomic mass is 9.96. The molecule has 0 aliphatic heterocycles. The quantitative estimate of drug-likeness (QED) is 0.752. The molecule has 0 amide bonds. The number of carboxylic acid groups (broad SMARTS) is 1. The van der Waals surface area contributed by atoms with E-state index in [1.165, 1.54) is 0 Å². The Labute approximate surface area is 129 Å². The number of rotatable bonds is 7. The van der Waals surface area contributed by atoms with Crippen LogP contribution in [0.15, 0.2) is 29.2 Å². The highest BCUT2D eigenvalue weighted by molar-refractivity contribution is 8.00. The van der Waals surface area contributed by atoms with Crippen LogP contribution in [0, 0.1) is 0 Å². The summed E-state index contributed by atoms with van der Waals surface area (Å²) in [5.74, 6) is -0.781. The van der Waals surface area contributed by atoms with Crippen LogP contribution in [0.3, 0.4) is 0 Å². The fourth-order valence-corrected chi connectivity index (χ4v) is 3.72. The van der Waals surface area contributed by atoms with Gasteiger partial charge in [0.25, 0.3) is 0 Å². The second-order valence-electron chi connectivity index (χ2n) is 5.62. The summed E-state index contributed by atoms with van der Waals surface area (Å²) in [6.07, 6.45) is 2.72. The zero-order valence-electron chi connectivity index (χ0n) is 11.7. The van der Waals surface area contributed by atoms with E-state index in [9.17, 15) is 9.90 Å². The van der Waals surface area contributed by atoms with Gasteiger partial charge in [-0.15, -0.1) is 11.8 Å². The van der Waals surface area contributed by atoms with Crippen LogP contribution >= 0.6 is 23.4 Å². The Morgan fingerprint density at radius 3 is 2.75 bits per heavy atom. The molecule has 0 saturated heterocycles. The third-order valence-corrected chi connectivity index (χ3v) is 5.05. The van der Waals surface area contributed by atoms with Crippen molar-refractivity contribution in [3.8, 4) is 0 Å². The molecule has 2 unspecified atom stereocenters. The standard InChI is InChI=1S/C15H20ClNO2S/c1-10(20-13-6-4-3-5-12(13)16)9-15(2,14(18)19)17-11-7-8-11/h3-6,10-11,17H,7-9H2,1-2H3,(H,18,19). The lowest BCUT2D eigenvalue weighted by Crippen LogP contribution is -2.51. The molecule has 1 aromatic rings. The number of carboxylic acids is 1. The highest BCUT2D eigenvalue weighted by Crippen LogP contribution is 2.34. The van der Waals surface area contributed by atoms with Crippen LogP contribution in [-0.2, 0) is 4.79 Å². The molecule has 20 heavy (non-hydrogen) atoms. The van der Waals surface area contributed by atoms with E-state index in [4.69, 9.17) is 11.6 Å². The molecule has 5 heteroatoms. The monoisotopic (exact) mass is 313 g/mol. The molecular formula is C15H20ClNO2S. The lowest BCUT2D eigenvalue weighted by Gasteiger charge is -2.29. The van der Waals surface area contributed by atoms with Gasteiger partial charge >= 0.3 is 5.97 Å². The van der Waals surface area contributed by atoms with Gasteiger partial charge in [0.1, 0.15) is 5.54 Å². The van der Waals surface area contributed by atoms with Gasteiger partial charge in [-0.2, -0.15) is 0 Å². The first-order valence-electron chi connectivity index (χ1n) is 6.83. The fraction of sp³-hybridized carbons (Fsp3) is 0.533. The summed E-state index contributed by atoms with van der Waals surface area (Å²) >= 11 is 7.77. The Hall–Kier alpha value is -0.710. The van der Waals surface area contributed by atoms with Crippen LogP contribution in [0.25, 0.3) is 0 Å². The van der Waals surface area contributed by atoms with Crippen molar-refractivity contribution in [3.63, 3.8) is 0 Å². The van der Waals surface area contributed by atoms with Crippen molar-refractivity contribution in [2.45, 2.75) is 54.8 Å². The summed E-state index contributed by atoms with van der Waals surface area (Å²) in [4.78, 5) is 12.5. The molecule has 2 atom stereocenters. The molecule has 2 rings (SSSR count). The zero-order valence-corrected chi connectivity index (χ0v) is 13.3. The Kier molecular flexibility index (Phi) is 4.99. The number of hydrogen-bond acceptors (Lipinski definition) is 3. The molecule has 1 aliphatic carbocycles. The molecule has 0 heterocycles. The molecule has 0 aromatic heterocycles. The summed E-state index contributed by atoms with van der Waals surface area (Å²) in [5, 5.41) is 13.6. The maximum atomic E-state index is 11.5. The van der Waals surface area contributed by atoms with E-state index in [1.54, 1.807) is 18.7 Å². The number of halogens is 1. The van der Waals surface area contributed by atoms with E-state index in [2.05, 4.69) is 5.32 Å². The first-order chi connectivity index (χ1) is 9.40. The van der Waals surface area contributed by atoms with Crippen molar-refractivity contribution in [1.29, 1.82) is 0 Å². The van der Waals surface area contributed by atoms with Crippen LogP contribution in [-0.4, -0.2) is 27.9 Å². The van der Waals surface area contributed by atoms with Gasteiger partial charge in [0.15, 0.2) is 0 Å². The number of benzene rings is 1. The minimum absolute atomic E-state index is 0.169. The molecule has 0 bridgehead atoms. The van der Waals surface area contributed by atoms with E-state index in [0.29, 0.717) is 12.5 Å². The first kappa shape index (κ1) is 15.7. The maximum absolute atomic E-state index is 11.5. The molecule has 1 aromatic carbocycles. The molecule has 1 aliphatic rings. The van der Waals surface area contributed by atoms with Crippen LogP contribution in [0.1, 0.15) is 33.1 Å². The van der Waals surface area contributed by atoms with E-state index in [1.807, 2.05) is 31.2 Å². The smallest absolute Gasteiger partial charge is 0.323 e. The molecular weight excluding hydrogens is 294 g/mol. The zero-order chi connectivity index (χ0) is 14.8. The van der Waals surface area contributed by atoms with Gasteiger partial charge in [-0.25, -0.2) is 0 Å². The average molecular weight is 314 g/mol. The van der Waals surface area contributed by atoms with Crippen LogP contribution < -0.4 is 5.32 Å². The van der Waals surface area contributed by atoms with Gasteiger partial charge in [-0.05, 0) is 38.3 Å². The van der Waals surface area contributed by atoms with Gasteiger partial charge < -0.3 is 5.11 Å². The van der Waals surface area contributed by atoms with Crippen LogP contribution in [0.4, 0.5) is 0 Å². The van der Waals surface area contributed by atoms with Crippen molar-refractivity contribution in [2.75, 3.05) is 0 Å². The predicted octanol–water partition coefficient (Wildman–Crippen LogP) is 3.81. The van der Waals surface area contributed by atoms with Gasteiger partial charge in [-0.3, -0.25) is 10.1 Å². The third-order valence-electron chi connectivity index (χ3n) is 3.43. The Bertz CT molecular complexity index is 493. The van der Waals surface area contributed by atoms with Gasteiger partial charge in [-0.1, -0.05) is 30.7 Å². The summed E-state index contributed by atoms with van der Waals surface area (Å²) in [7, 11) is 0. The van der Waals surface area contributed by atoms with Gasteiger partial charge in [0, 0.05) is 16.2 Å². The number of thioether (sulfide) groups is 1. The lowest BCUT2D eigenvalue weighted by molar-refractivity contribution is -0.144. The predicted molar refractivity (Wildman–Crippen MR) is 83.6 cm³/mol. The van der Waals surface area contributed by atoms with Crippen molar-refractivity contribution in [2.24, 2.45) is 0 Å². The van der Waals surface area contributed by atoms with E-state index >= 15 is 0 Å². The summed E-state index contributed by atoms with van der Waals surface area (Å²) in [6, 6.07) is 8.03. The molecule has 0 radical (unpaired) electrons. The van der Waals surface area contributed by atoms with Crippen LogP contribution in [0.2, 0.25) is 5.02 Å². The molecule has 1 saturated carbocycles. The molecule has 0 spiro atoms. The van der Waals surface area contributed by atoms with E-state index in [0.717, 1.165) is 22.8 Å². The number of hydrogen-bond donors (Lipinski definition) is 2. The summed E-state index contributed by atoms with van der Waals surface area (Å²) < 4.78 is 0. The maximum Gasteiger partial charge on any atom is 0.323 e. The van der Waals surface area contributed by atoms with Gasteiger partial charge in [0.05, 0.1) is 5.02 Å². The summed E-state index contributed by atoms with van der Waals surface area (Å²) in [6.45, 7) is 3.82. The van der Waals surface area contributed by atoms with E-state index in [-0.39, 0.29) is 5.25 Å². The Balaban J connectivity index is 1.99. The average Bonchev–Trinajstić information content (AvgIpc) is 3.15. The normalized spacial score (nSPS) is 19.4. The van der Waals surface area contributed by atoms with E-state index < -0.39 is 11.5 Å². The van der Waals surface area contributed by atoms with Crippen molar-refractivity contribution in [3.05, 3.63) is 29.3 Å². The number of carbonyl (C=O) groups is 1. The molecule has 2 N–H and O–H groups in total. The third kappa shape index (κ3) is 4.14. The second kappa shape index (κ2) is 6.37. The van der Waals surface area contributed by atoms with Crippen LogP contribution in [0.5, 0.6) is 0 Å². The molecule has 1 fully saturated rings. The SMILES string of the molecule is CC(CC(C)(NC1CC1)C(=O)O)Sc1ccccc1Cl. The van der Waals surface area contributed by atoms with Crippen molar-refractivity contribution >= 4 is 29.3 Å². The largest absolute Gasteiger partial charge is 0.480 e. The minimum atomic E-state index is -0.866. The topological polar surface area (TPSA) is 49.3 Å². The fourth-order valence-electron chi connectivity index (χ4n) is 2.26. The second-order valence-corrected chi connectivity index (χ2v) is 7.51. The summed E-state index contributed by atoms with van der Waals surface area (Å²) in [5.41, 5.74) is -0.866. The number of aliphatic carboxylic acids is 1. The Morgan fingerprint density at radius 1 is 1.55 bits per heavy atom. The molecule has 3 nitrogen and oxygen atoms in total. The molecule has 110 valence electrons. The van der Waals surface area contributed by atoms with Crippen molar-refractivity contribution < 1.29 is 9.90 Å². The highest BCUT2D eigenvalue weighted by atomic mass is 35.5. The Morgan fingerprint density at radius 2 is 2.20 bits per heavy atom. The highest BCUT2D eigenvalue weighted by Gasteiger charge is 2.39. The van der Waals surface area contributed by atoms with Crippen molar-refractivity contribution in [1.82, 2.24) is 5.32 Å². The number of nitrogens with one attached hydrogen (secondary N) is 1.